The predicted molar refractivity (Wildman–Crippen MR) is 107 cm³/mol. The zero-order chi connectivity index (χ0) is 19.5. The normalized spacial score (nSPS) is 17.0. The number of carbonyl (C=O) groups excluding carboxylic acids is 1. The molecule has 3 N–H and O–H groups in total. The molecular formula is C22H26N2O4. The predicted octanol–water partition coefficient (Wildman–Crippen LogP) is 2.94. The average molecular weight is 382 g/mol. The number of fused-ring (bicyclic) bond motifs is 2. The molecule has 0 saturated heterocycles. The first-order valence-corrected chi connectivity index (χ1v) is 9.82. The van der Waals surface area contributed by atoms with Gasteiger partial charge in [-0.3, -0.25) is 4.79 Å². The molecule has 2 unspecified atom stereocenters. The Labute approximate surface area is 164 Å². The van der Waals surface area contributed by atoms with Crippen LogP contribution in [0.2, 0.25) is 0 Å². The van der Waals surface area contributed by atoms with Crippen LogP contribution in [0.25, 0.3) is 0 Å². The zero-order valence-electron chi connectivity index (χ0n) is 16.0. The first-order valence-electron chi connectivity index (χ1n) is 9.82. The Hall–Kier alpha value is -2.57. The van der Waals surface area contributed by atoms with E-state index in [0.29, 0.717) is 13.0 Å². The number of rotatable bonds is 7. The summed E-state index contributed by atoms with van der Waals surface area (Å²) in [6.07, 6.45) is 2.41. The van der Waals surface area contributed by atoms with Crippen LogP contribution in [0.3, 0.4) is 0 Å². The highest BCUT2D eigenvalue weighted by Crippen LogP contribution is 2.33. The lowest BCUT2D eigenvalue weighted by atomic mass is 9.96. The summed E-state index contributed by atoms with van der Waals surface area (Å²) in [6.45, 7) is 2.84. The Morgan fingerprint density at radius 2 is 2.04 bits per heavy atom. The molecule has 6 nitrogen and oxygen atoms in total. The van der Waals surface area contributed by atoms with E-state index in [0.717, 1.165) is 47.6 Å². The topological polar surface area (TPSA) is 79.8 Å². The summed E-state index contributed by atoms with van der Waals surface area (Å²) < 4.78 is 10.8. The lowest BCUT2D eigenvalue weighted by Gasteiger charge is -2.24. The molecule has 4 rings (SSSR count). The van der Waals surface area contributed by atoms with E-state index in [9.17, 15) is 9.90 Å². The van der Waals surface area contributed by atoms with Gasteiger partial charge in [0.25, 0.3) is 0 Å². The minimum Gasteiger partial charge on any atom is -0.454 e. The van der Waals surface area contributed by atoms with Gasteiger partial charge in [-0.25, -0.2) is 0 Å². The van der Waals surface area contributed by atoms with Crippen LogP contribution in [0.5, 0.6) is 11.5 Å². The Balaban J connectivity index is 1.30. The summed E-state index contributed by atoms with van der Waals surface area (Å²) in [6, 6.07) is 12.1. The largest absolute Gasteiger partial charge is 0.454 e. The third-order valence-electron chi connectivity index (χ3n) is 5.39. The summed E-state index contributed by atoms with van der Waals surface area (Å²) in [4.78, 5) is 11.7. The van der Waals surface area contributed by atoms with E-state index >= 15 is 0 Å². The van der Waals surface area contributed by atoms with Crippen LogP contribution >= 0.6 is 0 Å². The standard InChI is InChI=1S/C22H26N2O4/c1-14(5-6-15-7-9-19-20(11-15)28-13-27-19)23-12-18(25)17-4-2-3-16-8-10-21(26)24-22(16)17/h2-4,7,9,11,14,18,23,25H,5-6,8,10,12-13H2,1H3,(H,24,26). The number of carbonyl (C=O) groups is 1. The van der Waals surface area contributed by atoms with Gasteiger partial charge in [0.2, 0.25) is 12.7 Å². The van der Waals surface area contributed by atoms with Crippen molar-refractivity contribution >= 4 is 11.6 Å². The molecule has 1 amide bonds. The molecule has 2 aliphatic heterocycles. The minimum atomic E-state index is -0.665. The van der Waals surface area contributed by atoms with Crippen molar-refractivity contribution in [2.75, 3.05) is 18.7 Å². The zero-order valence-corrected chi connectivity index (χ0v) is 16.0. The Bertz CT molecular complexity index is 868. The van der Waals surface area contributed by atoms with Crippen LogP contribution in [0.1, 0.15) is 42.6 Å². The molecule has 2 aromatic carbocycles. The van der Waals surface area contributed by atoms with Gasteiger partial charge in [-0.1, -0.05) is 24.3 Å². The van der Waals surface area contributed by atoms with E-state index in [1.54, 1.807) is 0 Å². The van der Waals surface area contributed by atoms with Crippen LogP contribution in [-0.4, -0.2) is 30.4 Å². The maximum atomic E-state index is 11.7. The summed E-state index contributed by atoms with van der Waals surface area (Å²) in [5.74, 6) is 1.62. The number of ether oxygens (including phenoxy) is 2. The van der Waals surface area contributed by atoms with Gasteiger partial charge in [-0.05, 0) is 49.4 Å². The molecule has 0 fully saturated rings. The van der Waals surface area contributed by atoms with Gasteiger partial charge in [0.1, 0.15) is 0 Å². The maximum Gasteiger partial charge on any atom is 0.231 e. The Morgan fingerprint density at radius 1 is 1.18 bits per heavy atom. The number of hydrogen-bond donors (Lipinski definition) is 3. The number of anilines is 1. The number of para-hydroxylation sites is 1. The van der Waals surface area contributed by atoms with Gasteiger partial charge in [0.15, 0.2) is 11.5 Å². The van der Waals surface area contributed by atoms with Gasteiger partial charge >= 0.3 is 0 Å². The van der Waals surface area contributed by atoms with Crippen molar-refractivity contribution < 1.29 is 19.4 Å². The number of hydrogen-bond acceptors (Lipinski definition) is 5. The molecule has 28 heavy (non-hydrogen) atoms. The van der Waals surface area contributed by atoms with E-state index in [1.165, 1.54) is 5.56 Å². The molecule has 148 valence electrons. The SMILES string of the molecule is CC(CCc1ccc2c(c1)OCO2)NCC(O)c1cccc2c1NC(=O)CC2. The smallest absolute Gasteiger partial charge is 0.231 e. The number of amides is 1. The molecule has 0 radical (unpaired) electrons. The molecule has 2 heterocycles. The fourth-order valence-corrected chi connectivity index (χ4v) is 3.71. The molecule has 2 aromatic rings. The lowest BCUT2D eigenvalue weighted by molar-refractivity contribution is -0.116. The Morgan fingerprint density at radius 3 is 2.93 bits per heavy atom. The van der Waals surface area contributed by atoms with Gasteiger partial charge in [0, 0.05) is 30.3 Å². The van der Waals surface area contributed by atoms with E-state index in [2.05, 4.69) is 23.6 Å². The fourth-order valence-electron chi connectivity index (χ4n) is 3.71. The number of aryl methyl sites for hydroxylation is 2. The second-order valence-corrected chi connectivity index (χ2v) is 7.48. The van der Waals surface area contributed by atoms with E-state index in [4.69, 9.17) is 9.47 Å². The van der Waals surface area contributed by atoms with Gasteiger partial charge in [0.05, 0.1) is 6.10 Å². The van der Waals surface area contributed by atoms with Crippen LogP contribution in [0, 0.1) is 0 Å². The molecular weight excluding hydrogens is 356 g/mol. The number of aliphatic hydroxyl groups excluding tert-OH is 1. The van der Waals surface area contributed by atoms with Crippen molar-refractivity contribution in [3.05, 3.63) is 53.1 Å². The van der Waals surface area contributed by atoms with Crippen molar-refractivity contribution in [1.82, 2.24) is 5.32 Å². The molecule has 0 spiro atoms. The summed E-state index contributed by atoms with van der Waals surface area (Å²) >= 11 is 0. The molecule has 0 aliphatic carbocycles. The van der Waals surface area contributed by atoms with Crippen molar-refractivity contribution in [2.45, 2.75) is 44.8 Å². The van der Waals surface area contributed by atoms with Crippen molar-refractivity contribution in [3.63, 3.8) is 0 Å². The summed E-state index contributed by atoms with van der Waals surface area (Å²) in [5.41, 5.74) is 3.85. The highest BCUT2D eigenvalue weighted by molar-refractivity contribution is 5.94. The monoisotopic (exact) mass is 382 g/mol. The van der Waals surface area contributed by atoms with Crippen molar-refractivity contribution in [2.24, 2.45) is 0 Å². The number of nitrogens with one attached hydrogen (secondary N) is 2. The Kier molecular flexibility index (Phi) is 5.50. The first-order chi connectivity index (χ1) is 13.6. The van der Waals surface area contributed by atoms with Crippen LogP contribution in [0.15, 0.2) is 36.4 Å². The quantitative estimate of drug-likeness (QED) is 0.686. The molecule has 0 aromatic heterocycles. The number of aliphatic hydroxyl groups is 1. The highest BCUT2D eigenvalue weighted by atomic mass is 16.7. The third kappa shape index (κ3) is 4.13. The second-order valence-electron chi connectivity index (χ2n) is 7.48. The molecule has 2 atom stereocenters. The van der Waals surface area contributed by atoms with Crippen LogP contribution in [0.4, 0.5) is 5.69 Å². The van der Waals surface area contributed by atoms with E-state index < -0.39 is 6.10 Å². The summed E-state index contributed by atoms with van der Waals surface area (Å²) in [7, 11) is 0. The molecule has 2 aliphatic rings. The third-order valence-corrected chi connectivity index (χ3v) is 5.39. The average Bonchev–Trinajstić information content (AvgIpc) is 3.17. The van der Waals surface area contributed by atoms with Gasteiger partial charge in [-0.15, -0.1) is 0 Å². The fraction of sp³-hybridized carbons (Fsp3) is 0.409. The highest BCUT2D eigenvalue weighted by Gasteiger charge is 2.21. The maximum absolute atomic E-state index is 11.7. The first kappa shape index (κ1) is 18.8. The summed E-state index contributed by atoms with van der Waals surface area (Å²) in [5, 5.41) is 17.0. The molecule has 0 saturated carbocycles. The van der Waals surface area contributed by atoms with Gasteiger partial charge in [-0.2, -0.15) is 0 Å². The van der Waals surface area contributed by atoms with E-state index in [1.807, 2.05) is 30.3 Å². The van der Waals surface area contributed by atoms with Crippen LogP contribution < -0.4 is 20.1 Å². The lowest BCUT2D eigenvalue weighted by Crippen LogP contribution is -2.31. The second kappa shape index (κ2) is 8.20. The molecule has 6 heteroatoms. The minimum absolute atomic E-state index is 0.0113. The van der Waals surface area contributed by atoms with Crippen LogP contribution in [-0.2, 0) is 17.6 Å². The van der Waals surface area contributed by atoms with Crippen molar-refractivity contribution in [1.29, 1.82) is 0 Å². The van der Waals surface area contributed by atoms with E-state index in [-0.39, 0.29) is 18.7 Å². The van der Waals surface area contributed by atoms with Crippen molar-refractivity contribution in [3.8, 4) is 11.5 Å². The number of benzene rings is 2. The van der Waals surface area contributed by atoms with Gasteiger partial charge < -0.3 is 25.2 Å². The molecule has 0 bridgehead atoms.